The number of pyridine rings is 1. The first-order valence-corrected chi connectivity index (χ1v) is 10.3. The molecule has 0 atom stereocenters. The van der Waals surface area contributed by atoms with E-state index in [0.717, 1.165) is 30.1 Å². The van der Waals surface area contributed by atoms with Gasteiger partial charge in [0.1, 0.15) is 28.2 Å². The van der Waals surface area contributed by atoms with E-state index in [0.29, 0.717) is 42.5 Å². The van der Waals surface area contributed by atoms with Crippen LogP contribution >= 0.6 is 11.6 Å². The van der Waals surface area contributed by atoms with Crippen molar-refractivity contribution in [1.29, 1.82) is 0 Å². The molecule has 0 bridgehead atoms. The summed E-state index contributed by atoms with van der Waals surface area (Å²) in [5, 5.41) is 19.2. The molecule has 2 aromatic heterocycles. The zero-order valence-corrected chi connectivity index (χ0v) is 16.5. The van der Waals surface area contributed by atoms with Crippen molar-refractivity contribution in [3.63, 3.8) is 0 Å². The number of aromatic nitrogens is 3. The molecule has 0 unspecified atom stereocenters. The lowest BCUT2D eigenvalue weighted by atomic mass is 9.88. The molecule has 5 nitrogen and oxygen atoms in total. The predicted octanol–water partition coefficient (Wildman–Crippen LogP) is 4.70. The average Bonchev–Trinajstić information content (AvgIpc) is 3.41. The van der Waals surface area contributed by atoms with Crippen molar-refractivity contribution in [3.8, 4) is 5.75 Å². The predicted molar refractivity (Wildman–Crippen MR) is 107 cm³/mol. The normalized spacial score (nSPS) is 18.0. The Morgan fingerprint density at radius 2 is 1.86 bits per heavy atom. The van der Waals surface area contributed by atoms with Crippen LogP contribution in [0.5, 0.6) is 5.75 Å². The minimum absolute atomic E-state index is 0.160. The molecule has 1 aromatic carbocycles. The molecule has 0 amide bonds. The number of hydrogen-bond donors (Lipinski definition) is 1. The lowest BCUT2D eigenvalue weighted by molar-refractivity contribution is 0.418. The van der Waals surface area contributed by atoms with E-state index in [4.69, 9.17) is 11.6 Å². The van der Waals surface area contributed by atoms with Crippen LogP contribution in [0.25, 0.3) is 5.65 Å². The molecule has 152 valence electrons. The van der Waals surface area contributed by atoms with Crippen LogP contribution in [0.4, 0.5) is 14.5 Å². The van der Waals surface area contributed by atoms with Gasteiger partial charge in [-0.05, 0) is 43.6 Å². The van der Waals surface area contributed by atoms with Gasteiger partial charge >= 0.3 is 0 Å². The summed E-state index contributed by atoms with van der Waals surface area (Å²) in [7, 11) is 0. The number of halogens is 3. The summed E-state index contributed by atoms with van der Waals surface area (Å²) in [5.74, 6) is -0.276. The molecule has 3 heterocycles. The highest BCUT2D eigenvalue weighted by Gasteiger charge is 2.28. The zero-order valence-electron chi connectivity index (χ0n) is 15.8. The number of hydrogen-bond acceptors (Lipinski definition) is 4. The summed E-state index contributed by atoms with van der Waals surface area (Å²) in [6.07, 6.45) is 6.66. The topological polar surface area (TPSA) is 53.7 Å². The monoisotopic (exact) mass is 418 g/mol. The van der Waals surface area contributed by atoms with Crippen LogP contribution in [0.2, 0.25) is 5.02 Å². The standard InChI is InChI=1S/C21H21ClF2N4O/c22-20-16(5-8-28-18(9-12-1-2-12)25-26-21(20)28)27-6-3-13(4-7-27)19-15(24)10-14(23)11-17(19)29/h5,8,10-13,29H,1-4,6-7,9H2. The largest absolute Gasteiger partial charge is 0.507 e. The maximum atomic E-state index is 14.2. The second-order valence-corrected chi connectivity index (χ2v) is 8.43. The Bertz CT molecular complexity index is 1050. The molecule has 5 rings (SSSR count). The lowest BCUT2D eigenvalue weighted by Crippen LogP contribution is -2.33. The first kappa shape index (κ1) is 18.6. The van der Waals surface area contributed by atoms with Crippen LogP contribution in [0.15, 0.2) is 24.4 Å². The van der Waals surface area contributed by atoms with Crippen LogP contribution in [0.3, 0.4) is 0 Å². The fraction of sp³-hybridized carbons (Fsp3) is 0.429. The Kier molecular flexibility index (Phi) is 4.57. The minimum atomic E-state index is -0.768. The average molecular weight is 419 g/mol. The van der Waals surface area contributed by atoms with Gasteiger partial charge in [-0.2, -0.15) is 0 Å². The highest BCUT2D eigenvalue weighted by molar-refractivity contribution is 6.36. The Labute approximate surface area is 171 Å². The summed E-state index contributed by atoms with van der Waals surface area (Å²) in [5.41, 5.74) is 1.74. The van der Waals surface area contributed by atoms with E-state index in [2.05, 4.69) is 15.1 Å². The van der Waals surface area contributed by atoms with E-state index < -0.39 is 11.6 Å². The summed E-state index contributed by atoms with van der Waals surface area (Å²) in [6.45, 7) is 1.31. The SMILES string of the molecule is Oc1cc(F)cc(F)c1C1CCN(c2ccn3c(CC4CC4)nnc3c2Cl)CC1. The van der Waals surface area contributed by atoms with Gasteiger partial charge in [0.05, 0.1) is 5.69 Å². The van der Waals surface area contributed by atoms with E-state index in [9.17, 15) is 13.9 Å². The highest BCUT2D eigenvalue weighted by Crippen LogP contribution is 2.39. The Hall–Kier alpha value is -2.41. The van der Waals surface area contributed by atoms with Crippen LogP contribution in [-0.4, -0.2) is 32.8 Å². The second-order valence-electron chi connectivity index (χ2n) is 8.05. The van der Waals surface area contributed by atoms with Crippen LogP contribution in [0.1, 0.15) is 43.0 Å². The molecule has 1 saturated carbocycles. The molecule has 0 radical (unpaired) electrons. The van der Waals surface area contributed by atoms with E-state index >= 15 is 0 Å². The van der Waals surface area contributed by atoms with Crippen LogP contribution in [0, 0.1) is 17.6 Å². The number of phenolic OH excluding ortho intramolecular Hbond substituents is 1. The Morgan fingerprint density at radius 1 is 1.10 bits per heavy atom. The third kappa shape index (κ3) is 3.41. The van der Waals surface area contributed by atoms with Crippen LogP contribution in [-0.2, 0) is 6.42 Å². The van der Waals surface area contributed by atoms with Gasteiger partial charge in [-0.3, -0.25) is 4.40 Å². The number of anilines is 1. The molecule has 3 aromatic rings. The van der Waals surface area contributed by atoms with Crippen molar-refractivity contribution in [1.82, 2.24) is 14.6 Å². The maximum absolute atomic E-state index is 14.2. The molecule has 2 aliphatic rings. The van der Waals surface area contributed by atoms with Crippen molar-refractivity contribution >= 4 is 22.9 Å². The molecule has 0 spiro atoms. The molecule has 29 heavy (non-hydrogen) atoms. The molecule has 8 heteroatoms. The Balaban J connectivity index is 1.35. The fourth-order valence-electron chi connectivity index (χ4n) is 4.31. The van der Waals surface area contributed by atoms with Gasteiger partial charge < -0.3 is 10.0 Å². The highest BCUT2D eigenvalue weighted by atomic mass is 35.5. The van der Waals surface area contributed by atoms with Gasteiger partial charge in [-0.1, -0.05) is 11.6 Å². The van der Waals surface area contributed by atoms with Gasteiger partial charge in [0, 0.05) is 43.4 Å². The van der Waals surface area contributed by atoms with Gasteiger partial charge in [-0.15, -0.1) is 10.2 Å². The van der Waals surface area contributed by atoms with Gasteiger partial charge in [0.15, 0.2) is 5.65 Å². The summed E-state index contributed by atoms with van der Waals surface area (Å²) < 4.78 is 29.4. The smallest absolute Gasteiger partial charge is 0.181 e. The number of benzene rings is 1. The summed E-state index contributed by atoms with van der Waals surface area (Å²) >= 11 is 6.66. The van der Waals surface area contributed by atoms with Crippen molar-refractivity contribution in [3.05, 3.63) is 52.4 Å². The van der Waals surface area contributed by atoms with Gasteiger partial charge in [0.25, 0.3) is 0 Å². The molecule has 1 saturated heterocycles. The van der Waals surface area contributed by atoms with E-state index in [1.807, 2.05) is 16.7 Å². The number of phenols is 1. The number of nitrogens with zero attached hydrogens (tertiary/aromatic N) is 4. The summed E-state index contributed by atoms with van der Waals surface area (Å²) in [6, 6.07) is 3.78. The number of piperidine rings is 1. The van der Waals surface area contributed by atoms with Crippen molar-refractivity contribution < 1.29 is 13.9 Å². The Morgan fingerprint density at radius 3 is 2.55 bits per heavy atom. The quantitative estimate of drug-likeness (QED) is 0.667. The van der Waals surface area contributed by atoms with E-state index in [1.54, 1.807) is 0 Å². The molecular formula is C21H21ClF2N4O. The first-order chi connectivity index (χ1) is 14.0. The number of aromatic hydroxyl groups is 1. The molecule has 1 N–H and O–H groups in total. The van der Waals surface area contributed by atoms with E-state index in [-0.39, 0.29) is 17.2 Å². The lowest BCUT2D eigenvalue weighted by Gasteiger charge is -2.34. The third-order valence-corrected chi connectivity index (χ3v) is 6.42. The second kappa shape index (κ2) is 7.13. The zero-order chi connectivity index (χ0) is 20.1. The van der Waals surface area contributed by atoms with Gasteiger partial charge in [-0.25, -0.2) is 8.78 Å². The van der Waals surface area contributed by atoms with E-state index in [1.165, 1.54) is 12.8 Å². The molecule has 1 aliphatic carbocycles. The van der Waals surface area contributed by atoms with Crippen LogP contribution < -0.4 is 4.90 Å². The summed E-state index contributed by atoms with van der Waals surface area (Å²) in [4.78, 5) is 2.15. The molecule has 2 fully saturated rings. The van der Waals surface area contributed by atoms with Crippen molar-refractivity contribution in [2.75, 3.05) is 18.0 Å². The number of fused-ring (bicyclic) bond motifs is 1. The third-order valence-electron chi connectivity index (χ3n) is 6.05. The van der Waals surface area contributed by atoms with Crippen molar-refractivity contribution in [2.45, 2.75) is 38.0 Å². The molecular weight excluding hydrogens is 398 g/mol. The minimum Gasteiger partial charge on any atom is -0.507 e. The van der Waals surface area contributed by atoms with Gasteiger partial charge in [0.2, 0.25) is 0 Å². The maximum Gasteiger partial charge on any atom is 0.181 e. The fourth-order valence-corrected chi connectivity index (χ4v) is 4.62. The molecule has 1 aliphatic heterocycles. The van der Waals surface area contributed by atoms with Crippen molar-refractivity contribution in [2.24, 2.45) is 5.92 Å². The number of rotatable bonds is 4. The first-order valence-electron chi connectivity index (χ1n) is 9.96.